The summed E-state index contributed by atoms with van der Waals surface area (Å²) in [5.74, 6) is 2.13. The third-order valence-corrected chi connectivity index (χ3v) is 6.74. The summed E-state index contributed by atoms with van der Waals surface area (Å²) in [5.41, 5.74) is 21.4. The van der Waals surface area contributed by atoms with Crippen LogP contribution in [-0.2, 0) is 6.54 Å². The zero-order chi connectivity index (χ0) is 35.5. The highest BCUT2D eigenvalue weighted by atomic mass is 16.5. The summed E-state index contributed by atoms with van der Waals surface area (Å²) >= 11 is 0. The van der Waals surface area contributed by atoms with E-state index < -0.39 is 0 Å². The maximum atomic E-state index is 13.1. The van der Waals surface area contributed by atoms with Crippen molar-refractivity contribution in [2.75, 3.05) is 6.54 Å². The fraction of sp³-hybridized carbons (Fsp3) is 0.256. The molecule has 0 unspecified atom stereocenters. The Balaban J connectivity index is 0.000000790. The number of hydrogen-bond acceptors (Lipinski definition) is 5. The van der Waals surface area contributed by atoms with Crippen LogP contribution in [0.5, 0.6) is 11.5 Å². The molecule has 1 aromatic heterocycles. The van der Waals surface area contributed by atoms with Crippen LogP contribution in [0.4, 0.5) is 0 Å². The summed E-state index contributed by atoms with van der Waals surface area (Å²) in [7, 11) is 0. The normalized spacial score (nSPS) is 11.2. The van der Waals surface area contributed by atoms with E-state index in [1.165, 1.54) is 5.57 Å². The highest BCUT2D eigenvalue weighted by Gasteiger charge is 2.16. The molecule has 4 aromatic rings. The molecule has 1 heterocycles. The summed E-state index contributed by atoms with van der Waals surface area (Å²) in [6, 6.07) is 22.9. The Morgan fingerprint density at radius 3 is 2.31 bits per heavy atom. The van der Waals surface area contributed by atoms with E-state index in [4.69, 9.17) is 26.9 Å². The van der Waals surface area contributed by atoms with Crippen molar-refractivity contribution in [2.45, 2.75) is 60.9 Å². The molecule has 0 spiro atoms. The number of hydrogen-bond donors (Lipinski definition) is 4. The Hall–Kier alpha value is -5.57. The van der Waals surface area contributed by atoms with Gasteiger partial charge in [0.15, 0.2) is 5.96 Å². The first-order valence-corrected chi connectivity index (χ1v) is 16.3. The average molecular weight is 650 g/mol. The molecule has 0 fully saturated rings. The molecule has 7 N–H and O–H groups in total. The molecule has 1 amide bonds. The lowest BCUT2D eigenvalue weighted by Crippen LogP contribution is -2.22. The number of para-hydroxylation sites is 1. The number of nitrogens with two attached hydrogens (primary N) is 3. The molecule has 0 saturated heterocycles. The van der Waals surface area contributed by atoms with Crippen LogP contribution in [0.15, 0.2) is 126 Å². The van der Waals surface area contributed by atoms with Gasteiger partial charge in [0.05, 0.1) is 17.6 Å². The molecule has 0 atom stereocenters. The van der Waals surface area contributed by atoms with Crippen molar-refractivity contribution in [1.29, 1.82) is 0 Å². The van der Waals surface area contributed by atoms with Gasteiger partial charge in [-0.05, 0) is 75.2 Å². The molecular formula is C39H51N7O2. The summed E-state index contributed by atoms with van der Waals surface area (Å²) in [5, 5.41) is 2.98. The molecular weight excluding hydrogens is 598 g/mol. The molecule has 0 radical (unpaired) electrons. The van der Waals surface area contributed by atoms with Gasteiger partial charge in [0.2, 0.25) is 0 Å². The van der Waals surface area contributed by atoms with E-state index in [1.807, 2.05) is 117 Å². The van der Waals surface area contributed by atoms with Crippen LogP contribution in [0.2, 0.25) is 0 Å². The second-order valence-corrected chi connectivity index (χ2v) is 10.6. The second-order valence-electron chi connectivity index (χ2n) is 10.6. The molecule has 254 valence electrons. The van der Waals surface area contributed by atoms with Gasteiger partial charge in [0, 0.05) is 29.1 Å². The van der Waals surface area contributed by atoms with Crippen molar-refractivity contribution in [3.63, 3.8) is 0 Å². The van der Waals surface area contributed by atoms with Gasteiger partial charge in [-0.25, -0.2) is 4.98 Å². The number of benzene rings is 3. The number of rotatable bonds is 12. The lowest BCUT2D eigenvalue weighted by Gasteiger charge is -2.11. The van der Waals surface area contributed by atoms with Crippen LogP contribution >= 0.6 is 0 Å². The van der Waals surface area contributed by atoms with Crippen LogP contribution in [0.25, 0.3) is 22.4 Å². The zero-order valence-electron chi connectivity index (χ0n) is 29.2. The number of aliphatic imine (C=N–C) groups is 1. The fourth-order valence-corrected chi connectivity index (χ4v) is 4.27. The number of fused-ring (bicyclic) bond motifs is 1. The standard InChI is InChI=1S/C33H34N4O2.C4H11N3.C2H6/c1-5-23(3)12-10-14-27(6-2)35-33(38)26-18-19-31-30(21-26)36-32(37(31)22-24(4)34)25-13-11-17-29(20-25)39-28-15-8-7-9-16-28;1-2-3-7-4(5)6;1-2/h6-21H,4-5,22,34H2,1-3H3,(H,35,38);2-3H2,1H3,(H4,5,6,7);1-2H3/b14-10-,23-12+,27-6+;;. The van der Waals surface area contributed by atoms with Crippen LogP contribution in [-0.4, -0.2) is 28.0 Å². The first kappa shape index (κ1) is 38.6. The van der Waals surface area contributed by atoms with Crippen LogP contribution in [0, 0.1) is 0 Å². The van der Waals surface area contributed by atoms with Gasteiger partial charge in [-0.1, -0.05) is 88.4 Å². The lowest BCUT2D eigenvalue weighted by molar-refractivity contribution is 0.0967. The SMILES string of the molecule is C=C(N)Cn1c(-c2cccc(Oc3ccccc3)c2)nc2cc(C(=O)NC(/C=C\C=C(/C)CC)=C/C)ccc21.CC.CCCN=C(N)N. The number of carbonyl (C=O) groups excluding carboxylic acids is 1. The van der Waals surface area contributed by atoms with Gasteiger partial charge < -0.3 is 31.8 Å². The largest absolute Gasteiger partial charge is 0.457 e. The molecule has 9 nitrogen and oxygen atoms in total. The Morgan fingerprint density at radius 2 is 1.71 bits per heavy atom. The highest BCUT2D eigenvalue weighted by molar-refractivity contribution is 5.99. The number of amides is 1. The van der Waals surface area contributed by atoms with Gasteiger partial charge in [0.25, 0.3) is 5.91 Å². The van der Waals surface area contributed by atoms with Crippen LogP contribution in [0.3, 0.4) is 0 Å². The Morgan fingerprint density at radius 1 is 1.00 bits per heavy atom. The number of guanidine groups is 1. The van der Waals surface area contributed by atoms with Gasteiger partial charge in [0.1, 0.15) is 17.3 Å². The fourth-order valence-electron chi connectivity index (χ4n) is 4.27. The minimum absolute atomic E-state index is 0.182. The van der Waals surface area contributed by atoms with E-state index in [-0.39, 0.29) is 11.9 Å². The summed E-state index contributed by atoms with van der Waals surface area (Å²) in [6.45, 7) is 17.1. The van der Waals surface area contributed by atoms with E-state index in [9.17, 15) is 4.79 Å². The van der Waals surface area contributed by atoms with Crippen LogP contribution in [0.1, 0.15) is 64.7 Å². The molecule has 0 aliphatic carbocycles. The number of imidazole rings is 1. The van der Waals surface area contributed by atoms with Gasteiger partial charge >= 0.3 is 0 Å². The van der Waals surface area contributed by atoms with E-state index in [0.717, 1.165) is 41.9 Å². The van der Waals surface area contributed by atoms with E-state index >= 15 is 0 Å². The van der Waals surface area contributed by atoms with E-state index in [1.54, 1.807) is 12.1 Å². The summed E-state index contributed by atoms with van der Waals surface area (Å²) in [4.78, 5) is 21.7. The number of nitrogens with one attached hydrogen (secondary N) is 1. The number of ether oxygens (including phenoxy) is 1. The number of carbonyl (C=O) groups is 1. The Labute approximate surface area is 285 Å². The van der Waals surface area contributed by atoms with Crippen molar-refractivity contribution in [1.82, 2.24) is 14.9 Å². The summed E-state index contributed by atoms with van der Waals surface area (Å²) in [6.07, 6.45) is 9.73. The minimum Gasteiger partial charge on any atom is -0.457 e. The predicted molar refractivity (Wildman–Crippen MR) is 202 cm³/mol. The van der Waals surface area contributed by atoms with Crippen molar-refractivity contribution < 1.29 is 9.53 Å². The molecule has 0 bridgehead atoms. The second kappa shape index (κ2) is 20.5. The topological polar surface area (TPSA) is 147 Å². The van der Waals surface area contributed by atoms with Gasteiger partial charge in [-0.15, -0.1) is 0 Å². The molecule has 0 aliphatic rings. The monoisotopic (exact) mass is 649 g/mol. The van der Waals surface area contributed by atoms with Gasteiger partial charge in [-0.3, -0.25) is 9.79 Å². The minimum atomic E-state index is -0.205. The quantitative estimate of drug-likeness (QED) is 0.0691. The highest BCUT2D eigenvalue weighted by Crippen LogP contribution is 2.30. The third-order valence-electron chi connectivity index (χ3n) is 6.74. The molecule has 48 heavy (non-hydrogen) atoms. The van der Waals surface area contributed by atoms with Gasteiger partial charge in [-0.2, -0.15) is 0 Å². The number of aromatic nitrogens is 2. The lowest BCUT2D eigenvalue weighted by atomic mass is 10.1. The maximum absolute atomic E-state index is 13.1. The Bertz CT molecular complexity index is 1740. The van der Waals surface area contributed by atoms with E-state index in [2.05, 4.69) is 30.7 Å². The molecule has 4 rings (SSSR count). The first-order valence-electron chi connectivity index (χ1n) is 16.3. The van der Waals surface area contributed by atoms with Crippen molar-refractivity contribution >= 4 is 22.9 Å². The predicted octanol–water partition coefficient (Wildman–Crippen LogP) is 8.21. The summed E-state index contributed by atoms with van der Waals surface area (Å²) < 4.78 is 8.04. The smallest absolute Gasteiger partial charge is 0.255 e. The third kappa shape index (κ3) is 12.3. The van der Waals surface area contributed by atoms with E-state index in [0.29, 0.717) is 34.9 Å². The maximum Gasteiger partial charge on any atom is 0.255 e. The van der Waals surface area contributed by atoms with Crippen molar-refractivity contribution in [3.05, 3.63) is 126 Å². The van der Waals surface area contributed by atoms with Crippen molar-refractivity contribution in [2.24, 2.45) is 22.2 Å². The van der Waals surface area contributed by atoms with Crippen LogP contribution < -0.4 is 27.3 Å². The molecule has 0 aliphatic heterocycles. The first-order chi connectivity index (χ1) is 23.1. The zero-order valence-corrected chi connectivity index (χ0v) is 29.2. The molecule has 3 aromatic carbocycles. The number of allylic oxidation sites excluding steroid dienone is 6. The Kier molecular flexibility index (Phi) is 16.5. The van der Waals surface area contributed by atoms with Crippen molar-refractivity contribution in [3.8, 4) is 22.9 Å². The number of nitrogens with zero attached hydrogens (tertiary/aromatic N) is 3. The average Bonchev–Trinajstić information content (AvgIpc) is 3.45. The molecule has 0 saturated carbocycles. The molecule has 9 heteroatoms.